The van der Waals surface area contributed by atoms with Crippen molar-refractivity contribution in [3.8, 4) is 6.07 Å². The van der Waals surface area contributed by atoms with Gasteiger partial charge in [0, 0.05) is 54.7 Å². The van der Waals surface area contributed by atoms with E-state index < -0.39 is 5.91 Å². The lowest BCUT2D eigenvalue weighted by Gasteiger charge is -2.35. The molecule has 1 amide bonds. The van der Waals surface area contributed by atoms with Gasteiger partial charge in [0.05, 0.1) is 0 Å². The molecule has 0 aromatic heterocycles. The third kappa shape index (κ3) is 5.19. The van der Waals surface area contributed by atoms with Crippen LogP contribution in [0, 0.1) is 11.3 Å². The summed E-state index contributed by atoms with van der Waals surface area (Å²) in [7, 11) is 0. The maximum atomic E-state index is 12.4. The lowest BCUT2D eigenvalue weighted by molar-refractivity contribution is -0.117. The first-order valence-electron chi connectivity index (χ1n) is 8.95. The molecular formula is C21H20Cl2N4O. The molecule has 1 saturated heterocycles. The van der Waals surface area contributed by atoms with E-state index in [1.54, 1.807) is 12.3 Å². The predicted octanol–water partition coefficient (Wildman–Crippen LogP) is 3.84. The standard InChI is InChI=1S/C21H20Cl2N4O/c22-18-5-3-6-19(12-18)27-10-8-26(9-11-27)15-17(13-24)21(28)25-14-16-4-1-2-7-20(16)23/h1-7,12,15H,8-11,14H2,(H,25,28)/b17-15-. The van der Waals surface area contributed by atoms with Gasteiger partial charge in [0.15, 0.2) is 0 Å². The Balaban J connectivity index is 1.57. The Labute approximate surface area is 174 Å². The first kappa shape index (κ1) is 20.1. The Morgan fingerprint density at radius 2 is 1.86 bits per heavy atom. The van der Waals surface area contributed by atoms with Gasteiger partial charge >= 0.3 is 0 Å². The molecule has 2 aromatic carbocycles. The first-order valence-corrected chi connectivity index (χ1v) is 9.70. The van der Waals surface area contributed by atoms with E-state index in [-0.39, 0.29) is 12.1 Å². The molecule has 0 aliphatic carbocycles. The largest absolute Gasteiger partial charge is 0.373 e. The molecule has 0 saturated carbocycles. The topological polar surface area (TPSA) is 59.4 Å². The lowest BCUT2D eigenvalue weighted by atomic mass is 10.2. The zero-order valence-electron chi connectivity index (χ0n) is 15.2. The highest BCUT2D eigenvalue weighted by Crippen LogP contribution is 2.21. The number of nitriles is 1. The van der Waals surface area contributed by atoms with Crippen LogP contribution in [0.15, 0.2) is 60.3 Å². The maximum Gasteiger partial charge on any atom is 0.263 e. The highest BCUT2D eigenvalue weighted by molar-refractivity contribution is 6.31. The van der Waals surface area contributed by atoms with Crippen molar-refractivity contribution in [3.05, 3.63) is 75.9 Å². The number of halogens is 2. The molecule has 7 heteroatoms. The number of hydrogen-bond acceptors (Lipinski definition) is 4. The van der Waals surface area contributed by atoms with Gasteiger partial charge in [0.2, 0.25) is 0 Å². The molecule has 144 valence electrons. The summed E-state index contributed by atoms with van der Waals surface area (Å²) in [6.07, 6.45) is 1.64. The molecule has 1 N–H and O–H groups in total. The normalized spacial score (nSPS) is 14.5. The van der Waals surface area contributed by atoms with Crippen LogP contribution in [0.2, 0.25) is 10.0 Å². The van der Waals surface area contributed by atoms with Crippen LogP contribution in [0.5, 0.6) is 0 Å². The van der Waals surface area contributed by atoms with Gasteiger partial charge in [-0.1, -0.05) is 47.5 Å². The minimum atomic E-state index is -0.403. The van der Waals surface area contributed by atoms with Crippen LogP contribution in [-0.2, 0) is 11.3 Å². The molecule has 0 spiro atoms. The van der Waals surface area contributed by atoms with Gasteiger partial charge in [-0.05, 0) is 29.8 Å². The number of nitrogens with zero attached hydrogens (tertiary/aromatic N) is 3. The highest BCUT2D eigenvalue weighted by atomic mass is 35.5. The summed E-state index contributed by atoms with van der Waals surface area (Å²) in [5.41, 5.74) is 1.97. The smallest absolute Gasteiger partial charge is 0.263 e. The van der Waals surface area contributed by atoms with Gasteiger partial charge in [-0.25, -0.2) is 0 Å². The van der Waals surface area contributed by atoms with Gasteiger partial charge in [-0.2, -0.15) is 5.26 Å². The van der Waals surface area contributed by atoms with Crippen LogP contribution in [0.4, 0.5) is 5.69 Å². The number of hydrogen-bond donors (Lipinski definition) is 1. The minimum absolute atomic E-state index is 0.0864. The number of rotatable bonds is 5. The van der Waals surface area contributed by atoms with Crippen LogP contribution >= 0.6 is 23.2 Å². The minimum Gasteiger partial charge on any atom is -0.373 e. The molecular weight excluding hydrogens is 395 g/mol. The summed E-state index contributed by atoms with van der Waals surface area (Å²) in [6, 6.07) is 17.0. The average molecular weight is 415 g/mol. The Morgan fingerprint density at radius 3 is 2.54 bits per heavy atom. The molecule has 0 bridgehead atoms. The lowest BCUT2D eigenvalue weighted by Crippen LogP contribution is -2.44. The molecule has 0 radical (unpaired) electrons. The molecule has 3 rings (SSSR count). The van der Waals surface area contributed by atoms with E-state index in [4.69, 9.17) is 23.2 Å². The molecule has 1 aliphatic rings. The van der Waals surface area contributed by atoms with E-state index >= 15 is 0 Å². The molecule has 1 aliphatic heterocycles. The van der Waals surface area contributed by atoms with Crippen molar-refractivity contribution in [1.29, 1.82) is 5.26 Å². The van der Waals surface area contributed by atoms with Crippen molar-refractivity contribution in [3.63, 3.8) is 0 Å². The second-order valence-electron chi connectivity index (χ2n) is 6.43. The number of benzene rings is 2. The van der Waals surface area contributed by atoms with Gasteiger partial charge < -0.3 is 15.1 Å². The van der Waals surface area contributed by atoms with Gasteiger partial charge in [-0.3, -0.25) is 4.79 Å². The number of anilines is 1. The molecule has 0 unspecified atom stereocenters. The van der Waals surface area contributed by atoms with Crippen molar-refractivity contribution in [2.75, 3.05) is 31.1 Å². The van der Waals surface area contributed by atoms with Gasteiger partial charge in [0.1, 0.15) is 11.6 Å². The summed E-state index contributed by atoms with van der Waals surface area (Å²) in [4.78, 5) is 16.6. The third-order valence-corrected chi connectivity index (χ3v) is 5.17. The molecule has 1 fully saturated rings. The van der Waals surface area contributed by atoms with Crippen LogP contribution < -0.4 is 10.2 Å². The fourth-order valence-corrected chi connectivity index (χ4v) is 3.40. The molecule has 0 atom stereocenters. The van der Waals surface area contributed by atoms with E-state index in [1.807, 2.05) is 53.4 Å². The number of carbonyl (C=O) groups excluding carboxylic acids is 1. The van der Waals surface area contributed by atoms with Crippen LogP contribution in [0.3, 0.4) is 0 Å². The van der Waals surface area contributed by atoms with Crippen LogP contribution in [0.1, 0.15) is 5.56 Å². The van der Waals surface area contributed by atoms with Crippen molar-refractivity contribution in [2.45, 2.75) is 6.54 Å². The molecule has 28 heavy (non-hydrogen) atoms. The third-order valence-electron chi connectivity index (χ3n) is 4.56. The summed E-state index contributed by atoms with van der Waals surface area (Å²) in [6.45, 7) is 3.29. The summed E-state index contributed by atoms with van der Waals surface area (Å²) < 4.78 is 0. The van der Waals surface area contributed by atoms with E-state index in [2.05, 4.69) is 10.2 Å². The quantitative estimate of drug-likeness (QED) is 0.596. The van der Waals surface area contributed by atoms with Crippen molar-refractivity contribution in [2.24, 2.45) is 0 Å². The van der Waals surface area contributed by atoms with E-state index in [1.165, 1.54) is 0 Å². The molecule has 2 aromatic rings. The Kier molecular flexibility index (Phi) is 6.80. The van der Waals surface area contributed by atoms with Crippen molar-refractivity contribution >= 4 is 34.8 Å². The van der Waals surface area contributed by atoms with Crippen molar-refractivity contribution < 1.29 is 4.79 Å². The van der Waals surface area contributed by atoms with Crippen LogP contribution in [-0.4, -0.2) is 37.0 Å². The Morgan fingerprint density at radius 1 is 1.11 bits per heavy atom. The van der Waals surface area contributed by atoms with Gasteiger partial charge in [-0.15, -0.1) is 0 Å². The van der Waals surface area contributed by atoms with Crippen molar-refractivity contribution in [1.82, 2.24) is 10.2 Å². The number of amides is 1. The number of carbonyl (C=O) groups is 1. The number of piperazine rings is 1. The Hall–Kier alpha value is -2.68. The highest BCUT2D eigenvalue weighted by Gasteiger charge is 2.18. The molecule has 1 heterocycles. The zero-order chi connectivity index (χ0) is 19.9. The van der Waals surface area contributed by atoms with Gasteiger partial charge in [0.25, 0.3) is 5.91 Å². The van der Waals surface area contributed by atoms with E-state index in [9.17, 15) is 10.1 Å². The first-order chi connectivity index (χ1) is 13.6. The zero-order valence-corrected chi connectivity index (χ0v) is 16.7. The number of nitrogens with one attached hydrogen (secondary N) is 1. The SMILES string of the molecule is N#C/C(=C/N1CCN(c2cccc(Cl)c2)CC1)C(=O)NCc1ccccc1Cl. The predicted molar refractivity (Wildman–Crippen MR) is 112 cm³/mol. The monoisotopic (exact) mass is 414 g/mol. The second kappa shape index (κ2) is 9.50. The average Bonchev–Trinajstić information content (AvgIpc) is 2.71. The summed E-state index contributed by atoms with van der Waals surface area (Å²) in [5, 5.41) is 13.4. The summed E-state index contributed by atoms with van der Waals surface area (Å²) >= 11 is 12.2. The van der Waals surface area contributed by atoms with Crippen LogP contribution in [0.25, 0.3) is 0 Å². The second-order valence-corrected chi connectivity index (χ2v) is 7.28. The fourth-order valence-electron chi connectivity index (χ4n) is 3.02. The fraction of sp³-hybridized carbons (Fsp3) is 0.238. The van der Waals surface area contributed by atoms with E-state index in [0.29, 0.717) is 10.0 Å². The van der Waals surface area contributed by atoms with E-state index in [0.717, 1.165) is 37.4 Å². The summed E-state index contributed by atoms with van der Waals surface area (Å²) in [5.74, 6) is -0.403. The Bertz CT molecular complexity index is 915. The molecule has 5 nitrogen and oxygen atoms in total. The maximum absolute atomic E-state index is 12.4.